The Kier molecular flexibility index (Phi) is 4.73. The van der Waals surface area contributed by atoms with E-state index in [9.17, 15) is 9.18 Å². The maximum atomic E-state index is 12.8. The minimum Gasteiger partial charge on any atom is -0.483 e. The Morgan fingerprint density at radius 2 is 1.84 bits per heavy atom. The van der Waals surface area contributed by atoms with Crippen molar-refractivity contribution in [2.24, 2.45) is 0 Å². The largest absolute Gasteiger partial charge is 0.483 e. The standard InChI is InChI=1S/C14H11FINO2/c15-10-5-7-11(8-6-10)17-14(18)12-3-1-2-4-13(12)19-9-16/h1-8H,9H2,(H,17,18). The predicted octanol–water partition coefficient (Wildman–Crippen LogP) is 3.85. The third kappa shape index (κ3) is 3.66. The van der Waals surface area contributed by atoms with E-state index in [0.29, 0.717) is 21.6 Å². The number of halogens is 2. The highest BCUT2D eigenvalue weighted by atomic mass is 127. The van der Waals surface area contributed by atoms with E-state index in [1.165, 1.54) is 24.3 Å². The first-order chi connectivity index (χ1) is 9.20. The van der Waals surface area contributed by atoms with Crippen LogP contribution in [0.3, 0.4) is 0 Å². The second-order valence-electron chi connectivity index (χ2n) is 3.71. The normalized spacial score (nSPS) is 10.0. The van der Waals surface area contributed by atoms with Crippen molar-refractivity contribution in [3.63, 3.8) is 0 Å². The number of amides is 1. The molecule has 3 nitrogen and oxygen atoms in total. The molecular formula is C14H11FINO2. The van der Waals surface area contributed by atoms with Crippen LogP contribution in [0.2, 0.25) is 0 Å². The molecule has 0 bridgehead atoms. The molecule has 2 rings (SSSR count). The van der Waals surface area contributed by atoms with Gasteiger partial charge in [0, 0.05) is 5.69 Å². The van der Waals surface area contributed by atoms with Gasteiger partial charge in [-0.3, -0.25) is 4.79 Å². The Bertz CT molecular complexity index is 572. The summed E-state index contributed by atoms with van der Waals surface area (Å²) < 4.78 is 18.6. The van der Waals surface area contributed by atoms with Crippen molar-refractivity contribution < 1.29 is 13.9 Å². The SMILES string of the molecule is O=C(Nc1ccc(F)cc1)c1ccccc1OCI. The molecule has 0 fully saturated rings. The van der Waals surface area contributed by atoms with Crippen LogP contribution in [0, 0.1) is 5.82 Å². The second kappa shape index (κ2) is 6.51. The van der Waals surface area contributed by atoms with Gasteiger partial charge >= 0.3 is 0 Å². The van der Waals surface area contributed by atoms with Crippen molar-refractivity contribution >= 4 is 34.2 Å². The number of alkyl halides is 1. The molecule has 1 N–H and O–H groups in total. The number of anilines is 1. The first-order valence-corrected chi connectivity index (χ1v) is 7.08. The number of carbonyl (C=O) groups excluding carboxylic acids is 1. The van der Waals surface area contributed by atoms with Gasteiger partial charge in [0.25, 0.3) is 5.91 Å². The lowest BCUT2D eigenvalue weighted by Gasteiger charge is -2.09. The van der Waals surface area contributed by atoms with E-state index in [4.69, 9.17) is 4.74 Å². The summed E-state index contributed by atoms with van der Waals surface area (Å²) in [6, 6.07) is 12.6. The Hall–Kier alpha value is -1.63. The highest BCUT2D eigenvalue weighted by Crippen LogP contribution is 2.20. The summed E-state index contributed by atoms with van der Waals surface area (Å²) in [6.07, 6.45) is 0. The zero-order valence-electron chi connectivity index (χ0n) is 9.90. The number of para-hydroxylation sites is 1. The number of rotatable bonds is 4. The summed E-state index contributed by atoms with van der Waals surface area (Å²) in [5, 5.41) is 2.70. The second-order valence-corrected chi connectivity index (χ2v) is 4.33. The Morgan fingerprint density at radius 3 is 2.53 bits per heavy atom. The highest BCUT2D eigenvalue weighted by Gasteiger charge is 2.11. The maximum Gasteiger partial charge on any atom is 0.259 e. The van der Waals surface area contributed by atoms with Crippen molar-refractivity contribution in [1.29, 1.82) is 0 Å². The lowest BCUT2D eigenvalue weighted by molar-refractivity contribution is 0.102. The number of hydrogen-bond donors (Lipinski definition) is 1. The molecule has 0 atom stereocenters. The van der Waals surface area contributed by atoms with Gasteiger partial charge in [0.15, 0.2) is 0 Å². The van der Waals surface area contributed by atoms with Gasteiger partial charge in [-0.25, -0.2) is 4.39 Å². The van der Waals surface area contributed by atoms with Gasteiger partial charge < -0.3 is 10.1 Å². The van der Waals surface area contributed by atoms with Gasteiger partial charge in [0.05, 0.1) is 5.56 Å². The smallest absolute Gasteiger partial charge is 0.259 e. The van der Waals surface area contributed by atoms with Crippen LogP contribution in [0.25, 0.3) is 0 Å². The minimum absolute atomic E-state index is 0.285. The summed E-state index contributed by atoms with van der Waals surface area (Å²) in [6.45, 7) is 0. The van der Waals surface area contributed by atoms with Crippen molar-refractivity contribution in [3.8, 4) is 5.75 Å². The van der Waals surface area contributed by atoms with E-state index < -0.39 is 0 Å². The number of nitrogens with one attached hydrogen (secondary N) is 1. The Balaban J connectivity index is 2.18. The van der Waals surface area contributed by atoms with Crippen molar-refractivity contribution in [2.75, 3.05) is 9.93 Å². The number of ether oxygens (including phenoxy) is 1. The lowest BCUT2D eigenvalue weighted by Crippen LogP contribution is -2.13. The maximum absolute atomic E-state index is 12.8. The first-order valence-electron chi connectivity index (χ1n) is 5.55. The lowest BCUT2D eigenvalue weighted by atomic mass is 10.2. The predicted molar refractivity (Wildman–Crippen MR) is 80.3 cm³/mol. The van der Waals surface area contributed by atoms with Crippen LogP contribution >= 0.6 is 22.6 Å². The Morgan fingerprint density at radius 1 is 1.16 bits per heavy atom. The first kappa shape index (κ1) is 13.8. The van der Waals surface area contributed by atoms with Crippen molar-refractivity contribution in [2.45, 2.75) is 0 Å². The molecule has 0 aromatic heterocycles. The van der Waals surface area contributed by atoms with Gasteiger partial charge in [-0.2, -0.15) is 0 Å². The van der Waals surface area contributed by atoms with Crippen LogP contribution < -0.4 is 10.1 Å². The summed E-state index contributed by atoms with van der Waals surface area (Å²) in [5.41, 5.74) is 0.985. The molecule has 0 saturated carbocycles. The summed E-state index contributed by atoms with van der Waals surface area (Å²) >= 11 is 2.06. The molecule has 19 heavy (non-hydrogen) atoms. The van der Waals surface area contributed by atoms with Crippen LogP contribution in [0.4, 0.5) is 10.1 Å². The third-order valence-corrected chi connectivity index (χ3v) is 2.76. The van der Waals surface area contributed by atoms with E-state index in [-0.39, 0.29) is 11.7 Å². The molecular weight excluding hydrogens is 360 g/mol. The molecule has 2 aromatic carbocycles. The van der Waals surface area contributed by atoms with E-state index in [0.717, 1.165) is 0 Å². The van der Waals surface area contributed by atoms with Gasteiger partial charge in [-0.05, 0) is 59.0 Å². The van der Waals surface area contributed by atoms with E-state index in [1.807, 2.05) is 0 Å². The molecule has 0 aliphatic rings. The number of benzene rings is 2. The van der Waals surface area contributed by atoms with E-state index in [2.05, 4.69) is 27.9 Å². The average Bonchev–Trinajstić information content (AvgIpc) is 2.42. The van der Waals surface area contributed by atoms with Crippen LogP contribution in [0.15, 0.2) is 48.5 Å². The molecule has 0 unspecified atom stereocenters. The summed E-state index contributed by atoms with van der Waals surface area (Å²) in [5.74, 6) is -0.102. The molecule has 0 saturated heterocycles. The minimum atomic E-state index is -0.341. The van der Waals surface area contributed by atoms with Crippen molar-refractivity contribution in [3.05, 3.63) is 59.9 Å². The quantitative estimate of drug-likeness (QED) is 0.655. The van der Waals surface area contributed by atoms with Crippen LogP contribution in [0.1, 0.15) is 10.4 Å². The fourth-order valence-corrected chi connectivity index (χ4v) is 1.91. The molecule has 1 amide bonds. The van der Waals surface area contributed by atoms with E-state index in [1.54, 1.807) is 24.3 Å². The van der Waals surface area contributed by atoms with E-state index >= 15 is 0 Å². The van der Waals surface area contributed by atoms with Gasteiger partial charge in [0.1, 0.15) is 16.2 Å². The molecule has 0 aliphatic carbocycles. The van der Waals surface area contributed by atoms with Gasteiger partial charge in [-0.15, -0.1) is 0 Å². The molecule has 0 radical (unpaired) electrons. The topological polar surface area (TPSA) is 38.3 Å². The van der Waals surface area contributed by atoms with Crippen LogP contribution in [-0.2, 0) is 0 Å². The van der Waals surface area contributed by atoms with Crippen LogP contribution in [-0.4, -0.2) is 10.5 Å². The molecule has 0 aliphatic heterocycles. The summed E-state index contributed by atoms with van der Waals surface area (Å²) in [7, 11) is 0. The Labute approximate surface area is 123 Å². The molecule has 2 aromatic rings. The number of hydrogen-bond acceptors (Lipinski definition) is 2. The van der Waals surface area contributed by atoms with Gasteiger partial charge in [0.2, 0.25) is 0 Å². The summed E-state index contributed by atoms with van der Waals surface area (Å²) in [4.78, 5) is 12.1. The van der Waals surface area contributed by atoms with Gasteiger partial charge in [-0.1, -0.05) is 12.1 Å². The zero-order chi connectivity index (χ0) is 13.7. The molecule has 0 heterocycles. The molecule has 5 heteroatoms. The molecule has 0 spiro atoms. The van der Waals surface area contributed by atoms with Crippen LogP contribution in [0.5, 0.6) is 5.75 Å². The number of carbonyl (C=O) groups is 1. The van der Waals surface area contributed by atoms with Crippen molar-refractivity contribution in [1.82, 2.24) is 0 Å². The third-order valence-electron chi connectivity index (χ3n) is 2.44. The zero-order valence-corrected chi connectivity index (χ0v) is 12.1. The average molecular weight is 371 g/mol. The highest BCUT2D eigenvalue weighted by molar-refractivity contribution is 14.1. The molecule has 98 valence electrons. The fourth-order valence-electron chi connectivity index (χ4n) is 1.57. The monoisotopic (exact) mass is 371 g/mol. The fraction of sp³-hybridized carbons (Fsp3) is 0.0714.